The highest BCUT2D eigenvalue weighted by atomic mass is 16.5. The minimum absolute atomic E-state index is 0.0145. The van der Waals surface area contributed by atoms with E-state index in [0.29, 0.717) is 45.5 Å². The second kappa shape index (κ2) is 10.2. The fourth-order valence-corrected chi connectivity index (χ4v) is 4.05. The van der Waals surface area contributed by atoms with E-state index in [2.05, 4.69) is 17.4 Å². The van der Waals surface area contributed by atoms with Crippen LogP contribution < -0.4 is 5.32 Å². The molecule has 1 unspecified atom stereocenters. The van der Waals surface area contributed by atoms with Gasteiger partial charge in [-0.1, -0.05) is 72.8 Å². The van der Waals surface area contributed by atoms with Gasteiger partial charge >= 0.3 is 0 Å². The van der Waals surface area contributed by atoms with E-state index in [1.165, 1.54) is 0 Å². The first-order valence-corrected chi connectivity index (χ1v) is 10.9. The molecule has 0 aromatic heterocycles. The lowest BCUT2D eigenvalue weighted by atomic mass is 10.0. The van der Waals surface area contributed by atoms with Crippen LogP contribution in [0.2, 0.25) is 0 Å². The normalized spacial score (nSPS) is 16.3. The zero-order chi connectivity index (χ0) is 21.5. The van der Waals surface area contributed by atoms with Gasteiger partial charge in [0.05, 0.1) is 19.6 Å². The Bertz CT molecular complexity index is 1030. The molecule has 1 heterocycles. The van der Waals surface area contributed by atoms with Gasteiger partial charge in [0.1, 0.15) is 6.10 Å². The predicted molar refractivity (Wildman–Crippen MR) is 122 cm³/mol. The summed E-state index contributed by atoms with van der Waals surface area (Å²) in [7, 11) is 0. The van der Waals surface area contributed by atoms with Crippen molar-refractivity contribution in [2.24, 2.45) is 0 Å². The summed E-state index contributed by atoms with van der Waals surface area (Å²) in [5.41, 5.74) is 2.12. The highest BCUT2D eigenvalue weighted by Crippen LogP contribution is 2.22. The standard InChI is InChI=1S/C26H28N2O3/c29-25(18-22-12-6-11-20-8-4-5-13-23(20)22)27-15-7-14-26(30)28-16-17-31-24(19-28)21-9-2-1-3-10-21/h1-6,8-13,24H,7,14-19H2,(H,27,29). The van der Waals surface area contributed by atoms with Crippen LogP contribution in [0.25, 0.3) is 10.8 Å². The van der Waals surface area contributed by atoms with Gasteiger partial charge in [-0.25, -0.2) is 0 Å². The Balaban J connectivity index is 1.21. The Morgan fingerprint density at radius 1 is 0.968 bits per heavy atom. The van der Waals surface area contributed by atoms with Crippen molar-refractivity contribution in [1.29, 1.82) is 0 Å². The van der Waals surface area contributed by atoms with E-state index >= 15 is 0 Å². The number of amides is 2. The number of morpholine rings is 1. The van der Waals surface area contributed by atoms with Crippen molar-refractivity contribution in [2.75, 3.05) is 26.2 Å². The number of nitrogens with zero attached hydrogens (tertiary/aromatic N) is 1. The van der Waals surface area contributed by atoms with Crippen LogP contribution in [-0.4, -0.2) is 43.0 Å². The van der Waals surface area contributed by atoms with Crippen molar-refractivity contribution in [3.8, 4) is 0 Å². The summed E-state index contributed by atoms with van der Waals surface area (Å²) in [6, 6.07) is 24.1. The molecule has 3 aromatic rings. The summed E-state index contributed by atoms with van der Waals surface area (Å²) in [4.78, 5) is 26.9. The smallest absolute Gasteiger partial charge is 0.224 e. The molecule has 1 N–H and O–H groups in total. The Labute approximate surface area is 183 Å². The number of nitrogens with one attached hydrogen (secondary N) is 1. The van der Waals surface area contributed by atoms with Gasteiger partial charge in [-0.3, -0.25) is 9.59 Å². The average Bonchev–Trinajstić information content (AvgIpc) is 2.82. The number of benzene rings is 3. The van der Waals surface area contributed by atoms with Gasteiger partial charge in [0.25, 0.3) is 0 Å². The third-order valence-electron chi connectivity index (χ3n) is 5.71. The van der Waals surface area contributed by atoms with E-state index in [0.717, 1.165) is 21.9 Å². The molecular formula is C26H28N2O3. The summed E-state index contributed by atoms with van der Waals surface area (Å²) in [6.45, 7) is 2.25. The Kier molecular flexibility index (Phi) is 6.95. The van der Waals surface area contributed by atoms with Crippen LogP contribution in [0.5, 0.6) is 0 Å². The van der Waals surface area contributed by atoms with Gasteiger partial charge in [0.15, 0.2) is 0 Å². The summed E-state index contributed by atoms with van der Waals surface area (Å²) in [5, 5.41) is 5.20. The number of ether oxygens (including phenoxy) is 1. The molecule has 1 aliphatic heterocycles. The molecule has 0 aliphatic carbocycles. The van der Waals surface area contributed by atoms with Crippen molar-refractivity contribution < 1.29 is 14.3 Å². The predicted octanol–water partition coefficient (Wildman–Crippen LogP) is 3.88. The van der Waals surface area contributed by atoms with Crippen LogP contribution in [0.1, 0.15) is 30.1 Å². The van der Waals surface area contributed by atoms with Gasteiger partial charge < -0.3 is 15.0 Å². The average molecular weight is 417 g/mol. The van der Waals surface area contributed by atoms with Gasteiger partial charge in [-0.2, -0.15) is 0 Å². The van der Waals surface area contributed by atoms with Crippen LogP contribution in [0, 0.1) is 0 Å². The molecule has 0 spiro atoms. The van der Waals surface area contributed by atoms with E-state index in [1.807, 2.05) is 65.6 Å². The van der Waals surface area contributed by atoms with Crippen molar-refractivity contribution >= 4 is 22.6 Å². The first-order chi connectivity index (χ1) is 15.2. The SMILES string of the molecule is O=C(Cc1cccc2ccccc12)NCCCC(=O)N1CCOC(c2ccccc2)C1. The van der Waals surface area contributed by atoms with Gasteiger partial charge in [-0.05, 0) is 28.3 Å². The molecule has 1 saturated heterocycles. The summed E-state index contributed by atoms with van der Waals surface area (Å²) >= 11 is 0. The Morgan fingerprint density at radius 3 is 2.61 bits per heavy atom. The molecule has 5 nitrogen and oxygen atoms in total. The number of rotatable bonds is 7. The molecule has 1 aliphatic rings. The van der Waals surface area contributed by atoms with Gasteiger partial charge in [0, 0.05) is 19.5 Å². The minimum atomic E-state index is -0.0701. The topological polar surface area (TPSA) is 58.6 Å². The van der Waals surface area contributed by atoms with Crippen molar-refractivity contribution in [3.05, 3.63) is 83.9 Å². The summed E-state index contributed by atoms with van der Waals surface area (Å²) in [6.07, 6.45) is 1.33. The maximum Gasteiger partial charge on any atom is 0.224 e. The van der Waals surface area contributed by atoms with Crippen LogP contribution in [-0.2, 0) is 20.7 Å². The molecule has 0 saturated carbocycles. The molecule has 160 valence electrons. The maximum atomic E-state index is 12.6. The molecular weight excluding hydrogens is 388 g/mol. The molecule has 2 amide bonds. The van der Waals surface area contributed by atoms with E-state index in [-0.39, 0.29) is 17.9 Å². The number of carbonyl (C=O) groups excluding carboxylic acids is 2. The quantitative estimate of drug-likeness (QED) is 0.595. The monoisotopic (exact) mass is 416 g/mol. The first-order valence-electron chi connectivity index (χ1n) is 10.9. The Hall–Kier alpha value is -3.18. The summed E-state index contributed by atoms with van der Waals surface area (Å²) < 4.78 is 5.84. The lowest BCUT2D eigenvalue weighted by Gasteiger charge is -2.33. The number of carbonyl (C=O) groups is 2. The van der Waals surface area contributed by atoms with Crippen LogP contribution in [0.4, 0.5) is 0 Å². The first kappa shape index (κ1) is 21.1. The van der Waals surface area contributed by atoms with E-state index in [4.69, 9.17) is 4.74 Å². The van der Waals surface area contributed by atoms with E-state index < -0.39 is 0 Å². The van der Waals surface area contributed by atoms with Crippen LogP contribution >= 0.6 is 0 Å². The molecule has 31 heavy (non-hydrogen) atoms. The van der Waals surface area contributed by atoms with Crippen molar-refractivity contribution in [3.63, 3.8) is 0 Å². The zero-order valence-electron chi connectivity index (χ0n) is 17.6. The fourth-order valence-electron chi connectivity index (χ4n) is 4.05. The number of hydrogen-bond donors (Lipinski definition) is 1. The van der Waals surface area contributed by atoms with Crippen molar-refractivity contribution in [2.45, 2.75) is 25.4 Å². The molecule has 3 aromatic carbocycles. The second-order valence-electron chi connectivity index (χ2n) is 7.88. The van der Waals surface area contributed by atoms with Crippen LogP contribution in [0.15, 0.2) is 72.8 Å². The molecule has 1 fully saturated rings. The van der Waals surface area contributed by atoms with Gasteiger partial charge in [0.2, 0.25) is 11.8 Å². The fraction of sp³-hybridized carbons (Fsp3) is 0.308. The Morgan fingerprint density at radius 2 is 1.74 bits per heavy atom. The maximum absolute atomic E-state index is 12.6. The molecule has 0 radical (unpaired) electrons. The largest absolute Gasteiger partial charge is 0.370 e. The van der Waals surface area contributed by atoms with Gasteiger partial charge in [-0.15, -0.1) is 0 Å². The highest BCUT2D eigenvalue weighted by Gasteiger charge is 2.24. The van der Waals surface area contributed by atoms with E-state index in [1.54, 1.807) is 0 Å². The minimum Gasteiger partial charge on any atom is -0.370 e. The zero-order valence-corrected chi connectivity index (χ0v) is 17.6. The summed E-state index contributed by atoms with van der Waals surface area (Å²) in [5.74, 6) is 0.104. The highest BCUT2D eigenvalue weighted by molar-refractivity contribution is 5.90. The third-order valence-corrected chi connectivity index (χ3v) is 5.71. The molecule has 0 bridgehead atoms. The van der Waals surface area contributed by atoms with Crippen LogP contribution in [0.3, 0.4) is 0 Å². The second-order valence-corrected chi connectivity index (χ2v) is 7.88. The molecule has 4 rings (SSSR count). The molecule has 5 heteroatoms. The van der Waals surface area contributed by atoms with Crippen molar-refractivity contribution in [1.82, 2.24) is 10.2 Å². The lowest BCUT2D eigenvalue weighted by molar-refractivity contribution is -0.139. The van der Waals surface area contributed by atoms with E-state index in [9.17, 15) is 9.59 Å². The third kappa shape index (κ3) is 5.50. The lowest BCUT2D eigenvalue weighted by Crippen LogP contribution is -2.42. The number of fused-ring (bicyclic) bond motifs is 1. The number of hydrogen-bond acceptors (Lipinski definition) is 3. The molecule has 1 atom stereocenters.